The van der Waals surface area contributed by atoms with Gasteiger partial charge in [0.2, 0.25) is 11.8 Å². The topological polar surface area (TPSA) is 118 Å². The van der Waals surface area contributed by atoms with Crippen LogP contribution in [0.5, 0.6) is 0 Å². The number of aromatic nitrogens is 1. The van der Waals surface area contributed by atoms with Crippen molar-refractivity contribution in [3.8, 4) is 0 Å². The number of carbonyl (C=O) groups excluding carboxylic acids is 2. The number of nitrogens with one attached hydrogen (secondary N) is 2. The number of fused-ring (bicyclic) bond motifs is 1. The number of rotatable bonds is 5. The molecular formula is C17H19N3O5S2. The van der Waals surface area contributed by atoms with Crippen LogP contribution in [0.15, 0.2) is 38.6 Å². The third kappa shape index (κ3) is 4.89. The molecule has 1 atom stereocenters. The molecule has 2 N–H and O–H groups in total. The van der Waals surface area contributed by atoms with E-state index in [0.29, 0.717) is 17.9 Å². The van der Waals surface area contributed by atoms with Crippen LogP contribution in [0.2, 0.25) is 0 Å². The number of carbonyl (C=O) groups is 2. The fourth-order valence-electron chi connectivity index (χ4n) is 2.60. The van der Waals surface area contributed by atoms with Gasteiger partial charge in [0.1, 0.15) is 5.76 Å². The number of thioether (sulfide) groups is 1. The van der Waals surface area contributed by atoms with Crippen molar-refractivity contribution in [2.75, 3.05) is 16.4 Å². The Bertz CT molecular complexity index is 984. The molecule has 2 aromatic rings. The Kier molecular flexibility index (Phi) is 5.56. The van der Waals surface area contributed by atoms with E-state index in [-0.39, 0.29) is 34.0 Å². The van der Waals surface area contributed by atoms with E-state index in [1.807, 2.05) is 6.92 Å². The molecule has 2 heterocycles. The van der Waals surface area contributed by atoms with E-state index < -0.39 is 15.7 Å². The highest BCUT2D eigenvalue weighted by Crippen LogP contribution is 2.36. The van der Waals surface area contributed by atoms with Gasteiger partial charge in [-0.05, 0) is 25.1 Å². The quantitative estimate of drug-likeness (QED) is 0.779. The first-order chi connectivity index (χ1) is 12.7. The second-order valence-electron chi connectivity index (χ2n) is 6.28. The van der Waals surface area contributed by atoms with Gasteiger partial charge in [0.15, 0.2) is 15.7 Å². The predicted octanol–water partition coefficient (Wildman–Crippen LogP) is 2.61. The second kappa shape index (κ2) is 7.73. The molecule has 144 valence electrons. The number of benzene rings is 1. The van der Waals surface area contributed by atoms with Gasteiger partial charge in [0, 0.05) is 29.1 Å². The maximum absolute atomic E-state index is 12.6. The molecule has 1 aromatic carbocycles. The SMILES string of the molecule is Cc1cc(NC(=O)CCS(=O)(=O)c2ccc3c(c2)NC(=O)C[C@H](C)S3)no1. The lowest BCUT2D eigenvalue weighted by Gasteiger charge is -2.10. The fourth-order valence-corrected chi connectivity index (χ4v) is 4.91. The van der Waals surface area contributed by atoms with Gasteiger partial charge in [-0.2, -0.15) is 0 Å². The molecule has 0 aliphatic carbocycles. The highest BCUT2D eigenvalue weighted by Gasteiger charge is 2.23. The van der Waals surface area contributed by atoms with Crippen LogP contribution < -0.4 is 10.6 Å². The third-order valence-electron chi connectivity index (χ3n) is 3.88. The summed E-state index contributed by atoms with van der Waals surface area (Å²) in [5.74, 6) is -0.192. The summed E-state index contributed by atoms with van der Waals surface area (Å²) in [5, 5.41) is 8.97. The smallest absolute Gasteiger partial charge is 0.226 e. The monoisotopic (exact) mass is 409 g/mol. The normalized spacial score (nSPS) is 17.0. The van der Waals surface area contributed by atoms with Crippen LogP contribution in [0, 0.1) is 6.92 Å². The van der Waals surface area contributed by atoms with Gasteiger partial charge in [-0.3, -0.25) is 9.59 Å². The van der Waals surface area contributed by atoms with Gasteiger partial charge in [-0.15, -0.1) is 11.8 Å². The number of aryl methyl sites for hydroxylation is 1. The van der Waals surface area contributed by atoms with Crippen LogP contribution in [-0.2, 0) is 19.4 Å². The Hall–Kier alpha value is -2.33. The van der Waals surface area contributed by atoms with Crippen molar-refractivity contribution in [3.63, 3.8) is 0 Å². The Morgan fingerprint density at radius 2 is 2.19 bits per heavy atom. The first-order valence-corrected chi connectivity index (χ1v) is 10.8. The molecule has 3 rings (SSSR count). The summed E-state index contributed by atoms with van der Waals surface area (Å²) < 4.78 is 30.0. The van der Waals surface area contributed by atoms with Gasteiger partial charge in [0.05, 0.1) is 16.3 Å². The molecule has 0 spiro atoms. The summed E-state index contributed by atoms with van der Waals surface area (Å²) in [6, 6.07) is 6.18. The maximum atomic E-state index is 12.6. The van der Waals surface area contributed by atoms with Crippen molar-refractivity contribution >= 4 is 44.9 Å². The largest absolute Gasteiger partial charge is 0.360 e. The van der Waals surface area contributed by atoms with Gasteiger partial charge >= 0.3 is 0 Å². The van der Waals surface area contributed by atoms with Crippen LogP contribution in [0.1, 0.15) is 25.5 Å². The molecule has 1 aromatic heterocycles. The Balaban J connectivity index is 1.69. The summed E-state index contributed by atoms with van der Waals surface area (Å²) in [4.78, 5) is 24.7. The van der Waals surface area contributed by atoms with Crippen molar-refractivity contribution in [3.05, 3.63) is 30.0 Å². The molecular weight excluding hydrogens is 390 g/mol. The van der Waals surface area contributed by atoms with E-state index in [0.717, 1.165) is 4.90 Å². The molecule has 8 nitrogen and oxygen atoms in total. The van der Waals surface area contributed by atoms with E-state index in [9.17, 15) is 18.0 Å². The summed E-state index contributed by atoms with van der Waals surface area (Å²) in [7, 11) is -3.68. The number of anilines is 2. The molecule has 2 amide bonds. The first kappa shape index (κ1) is 19.4. The molecule has 1 aliphatic heterocycles. The molecule has 0 saturated heterocycles. The van der Waals surface area contributed by atoms with E-state index in [1.165, 1.54) is 23.9 Å². The van der Waals surface area contributed by atoms with Gasteiger partial charge in [-0.25, -0.2) is 8.42 Å². The van der Waals surface area contributed by atoms with Crippen LogP contribution in [0.3, 0.4) is 0 Å². The summed E-state index contributed by atoms with van der Waals surface area (Å²) in [6.45, 7) is 3.63. The maximum Gasteiger partial charge on any atom is 0.226 e. The second-order valence-corrected chi connectivity index (χ2v) is 9.87. The molecule has 1 aliphatic rings. The van der Waals surface area contributed by atoms with E-state index in [4.69, 9.17) is 4.52 Å². The van der Waals surface area contributed by atoms with Crippen molar-refractivity contribution in [1.29, 1.82) is 0 Å². The average molecular weight is 409 g/mol. The molecule has 0 fully saturated rings. The van der Waals surface area contributed by atoms with Crippen molar-refractivity contribution in [2.24, 2.45) is 0 Å². The lowest BCUT2D eigenvalue weighted by molar-refractivity contribution is -0.116. The molecule has 0 radical (unpaired) electrons. The summed E-state index contributed by atoms with van der Waals surface area (Å²) in [5.41, 5.74) is 0.484. The van der Waals surface area contributed by atoms with Crippen molar-refractivity contribution < 1.29 is 22.5 Å². The minimum atomic E-state index is -3.68. The van der Waals surface area contributed by atoms with Crippen LogP contribution >= 0.6 is 11.8 Å². The van der Waals surface area contributed by atoms with Gasteiger partial charge < -0.3 is 15.2 Å². The minimum absolute atomic E-state index is 0.0711. The molecule has 27 heavy (non-hydrogen) atoms. The number of nitrogens with zero attached hydrogens (tertiary/aromatic N) is 1. The van der Waals surface area contributed by atoms with E-state index in [1.54, 1.807) is 19.1 Å². The highest BCUT2D eigenvalue weighted by molar-refractivity contribution is 8.00. The highest BCUT2D eigenvalue weighted by atomic mass is 32.2. The Labute approximate surface area is 161 Å². The zero-order valence-electron chi connectivity index (χ0n) is 14.8. The van der Waals surface area contributed by atoms with Crippen LogP contribution in [-0.4, -0.2) is 36.4 Å². The lowest BCUT2D eigenvalue weighted by atomic mass is 10.3. The first-order valence-electron chi connectivity index (χ1n) is 8.29. The molecule has 10 heteroatoms. The van der Waals surface area contributed by atoms with Crippen LogP contribution in [0.25, 0.3) is 0 Å². The minimum Gasteiger partial charge on any atom is -0.360 e. The third-order valence-corrected chi connectivity index (χ3v) is 6.77. The zero-order valence-corrected chi connectivity index (χ0v) is 16.4. The predicted molar refractivity (Wildman–Crippen MR) is 102 cm³/mol. The average Bonchev–Trinajstić information content (AvgIpc) is 2.92. The summed E-state index contributed by atoms with van der Waals surface area (Å²) in [6.07, 6.45) is 0.145. The fraction of sp³-hybridized carbons (Fsp3) is 0.353. The molecule has 0 unspecified atom stereocenters. The summed E-state index contributed by atoms with van der Waals surface area (Å²) >= 11 is 1.52. The van der Waals surface area contributed by atoms with E-state index in [2.05, 4.69) is 15.8 Å². The number of amides is 2. The molecule has 0 saturated carbocycles. The zero-order chi connectivity index (χ0) is 19.6. The van der Waals surface area contributed by atoms with Crippen molar-refractivity contribution in [1.82, 2.24) is 5.16 Å². The van der Waals surface area contributed by atoms with Gasteiger partial charge in [-0.1, -0.05) is 12.1 Å². The number of sulfone groups is 1. The Morgan fingerprint density at radius 3 is 2.89 bits per heavy atom. The number of hydrogen-bond acceptors (Lipinski definition) is 7. The Morgan fingerprint density at radius 1 is 1.41 bits per heavy atom. The standard InChI is InChI=1S/C17H19N3O5S2/c1-10-7-15(20-25-10)19-16(21)5-6-27(23,24)12-3-4-14-13(9-12)18-17(22)8-11(2)26-14/h3-4,7,9,11H,5-6,8H2,1-2H3,(H,18,22)(H,19,20,21)/t11-/m0/s1. The number of hydrogen-bond donors (Lipinski definition) is 2. The van der Waals surface area contributed by atoms with Crippen LogP contribution in [0.4, 0.5) is 11.5 Å². The lowest BCUT2D eigenvalue weighted by Crippen LogP contribution is -2.18. The molecule has 0 bridgehead atoms. The van der Waals surface area contributed by atoms with Crippen molar-refractivity contribution in [2.45, 2.75) is 41.7 Å². The van der Waals surface area contributed by atoms with E-state index >= 15 is 0 Å². The van der Waals surface area contributed by atoms with Gasteiger partial charge in [0.25, 0.3) is 0 Å².